The SMILES string of the molecule is CSc1nc(C)c(CC(=O)Nc2nc(-c3ccc(C)c(C)c3)cs2)s1. The van der Waals surface area contributed by atoms with Gasteiger partial charge in [0.1, 0.15) is 4.34 Å². The quantitative estimate of drug-likeness (QED) is 0.617. The molecule has 3 aromatic rings. The van der Waals surface area contributed by atoms with Gasteiger partial charge in [-0.3, -0.25) is 4.79 Å². The van der Waals surface area contributed by atoms with E-state index in [9.17, 15) is 4.79 Å². The molecule has 0 atom stereocenters. The molecule has 4 nitrogen and oxygen atoms in total. The third-order valence-electron chi connectivity index (χ3n) is 3.92. The third kappa shape index (κ3) is 4.29. The molecule has 1 aromatic carbocycles. The van der Waals surface area contributed by atoms with E-state index in [1.165, 1.54) is 22.5 Å². The van der Waals surface area contributed by atoms with Gasteiger partial charge in [0.25, 0.3) is 0 Å². The minimum atomic E-state index is -0.0552. The fourth-order valence-corrected chi connectivity index (χ4v) is 4.72. The van der Waals surface area contributed by atoms with Crippen molar-refractivity contribution in [3.8, 4) is 11.3 Å². The van der Waals surface area contributed by atoms with E-state index in [-0.39, 0.29) is 5.91 Å². The fraction of sp³-hybridized carbons (Fsp3) is 0.278. The first-order chi connectivity index (χ1) is 12.0. The molecule has 0 aliphatic heterocycles. The average molecular weight is 390 g/mol. The van der Waals surface area contributed by atoms with Gasteiger partial charge in [0.05, 0.1) is 17.8 Å². The number of anilines is 1. The molecule has 0 saturated heterocycles. The van der Waals surface area contributed by atoms with Crippen LogP contribution in [0.15, 0.2) is 27.9 Å². The molecule has 0 aliphatic rings. The number of hydrogen-bond donors (Lipinski definition) is 1. The smallest absolute Gasteiger partial charge is 0.231 e. The molecule has 0 bridgehead atoms. The maximum atomic E-state index is 12.3. The highest BCUT2D eigenvalue weighted by molar-refractivity contribution is 8.00. The summed E-state index contributed by atoms with van der Waals surface area (Å²) in [6.45, 7) is 6.13. The predicted octanol–water partition coefficient (Wildman–Crippen LogP) is 5.09. The number of benzene rings is 1. The number of rotatable bonds is 5. The van der Waals surface area contributed by atoms with Crippen LogP contribution in [-0.2, 0) is 11.2 Å². The first kappa shape index (κ1) is 18.1. The van der Waals surface area contributed by atoms with E-state index in [1.807, 2.05) is 18.6 Å². The van der Waals surface area contributed by atoms with Gasteiger partial charge in [0.15, 0.2) is 5.13 Å². The Bertz CT molecular complexity index is 914. The molecule has 1 amide bonds. The Morgan fingerprint density at radius 1 is 1.20 bits per heavy atom. The number of aryl methyl sites for hydroxylation is 3. The number of thiazole rings is 2. The van der Waals surface area contributed by atoms with Crippen LogP contribution in [0.1, 0.15) is 21.7 Å². The second kappa shape index (κ2) is 7.68. The molecule has 130 valence electrons. The van der Waals surface area contributed by atoms with Gasteiger partial charge in [-0.2, -0.15) is 0 Å². The van der Waals surface area contributed by atoms with Crippen LogP contribution in [0.3, 0.4) is 0 Å². The average Bonchev–Trinajstić information content (AvgIpc) is 3.17. The second-order valence-electron chi connectivity index (χ2n) is 5.75. The van der Waals surface area contributed by atoms with Crippen molar-refractivity contribution in [2.45, 2.75) is 31.5 Å². The molecule has 2 aromatic heterocycles. The first-order valence-corrected chi connectivity index (χ1v) is 10.7. The normalized spacial score (nSPS) is 10.9. The molecule has 7 heteroatoms. The lowest BCUT2D eigenvalue weighted by molar-refractivity contribution is -0.115. The highest BCUT2D eigenvalue weighted by atomic mass is 32.2. The van der Waals surface area contributed by atoms with Crippen LogP contribution in [0, 0.1) is 20.8 Å². The molecule has 0 aliphatic carbocycles. The zero-order valence-electron chi connectivity index (χ0n) is 14.5. The van der Waals surface area contributed by atoms with E-state index in [4.69, 9.17) is 0 Å². The van der Waals surface area contributed by atoms with Crippen molar-refractivity contribution in [1.82, 2.24) is 9.97 Å². The summed E-state index contributed by atoms with van der Waals surface area (Å²) in [6.07, 6.45) is 2.33. The van der Waals surface area contributed by atoms with Crippen LogP contribution < -0.4 is 5.32 Å². The molecule has 0 spiro atoms. The summed E-state index contributed by atoms with van der Waals surface area (Å²) in [5.74, 6) is -0.0552. The van der Waals surface area contributed by atoms with Gasteiger partial charge in [-0.15, -0.1) is 22.7 Å². The monoisotopic (exact) mass is 389 g/mol. The van der Waals surface area contributed by atoms with E-state index in [1.54, 1.807) is 23.1 Å². The van der Waals surface area contributed by atoms with Gasteiger partial charge in [0.2, 0.25) is 5.91 Å². The maximum Gasteiger partial charge on any atom is 0.231 e. The van der Waals surface area contributed by atoms with E-state index >= 15 is 0 Å². The van der Waals surface area contributed by atoms with Crippen LogP contribution in [0.25, 0.3) is 11.3 Å². The molecular weight excluding hydrogens is 370 g/mol. The fourth-order valence-electron chi connectivity index (χ4n) is 2.33. The van der Waals surface area contributed by atoms with Crippen molar-refractivity contribution >= 4 is 45.5 Å². The molecule has 0 unspecified atom stereocenters. The predicted molar refractivity (Wildman–Crippen MR) is 108 cm³/mol. The van der Waals surface area contributed by atoms with Gasteiger partial charge in [-0.1, -0.05) is 23.9 Å². The Balaban J connectivity index is 1.69. The second-order valence-corrected chi connectivity index (χ2v) is 8.75. The Hall–Kier alpha value is -1.70. The van der Waals surface area contributed by atoms with Gasteiger partial charge < -0.3 is 5.32 Å². The topological polar surface area (TPSA) is 54.9 Å². The van der Waals surface area contributed by atoms with Crippen molar-refractivity contribution in [3.63, 3.8) is 0 Å². The molecule has 0 saturated carbocycles. The largest absolute Gasteiger partial charge is 0.302 e. The van der Waals surface area contributed by atoms with Gasteiger partial charge >= 0.3 is 0 Å². The van der Waals surface area contributed by atoms with E-state index < -0.39 is 0 Å². The summed E-state index contributed by atoms with van der Waals surface area (Å²) in [5, 5.41) is 5.51. The number of carbonyl (C=O) groups excluding carboxylic acids is 1. The minimum absolute atomic E-state index is 0.0552. The summed E-state index contributed by atoms with van der Waals surface area (Å²) < 4.78 is 0.992. The Kier molecular flexibility index (Phi) is 5.56. The molecular formula is C18H19N3OS3. The number of nitrogens with zero attached hydrogens (tertiary/aromatic N) is 2. The number of amides is 1. The Morgan fingerprint density at radius 3 is 2.68 bits per heavy atom. The van der Waals surface area contributed by atoms with E-state index in [0.29, 0.717) is 11.6 Å². The summed E-state index contributed by atoms with van der Waals surface area (Å²) in [7, 11) is 0. The lowest BCUT2D eigenvalue weighted by Gasteiger charge is -2.03. The van der Waals surface area contributed by atoms with Crippen molar-refractivity contribution in [1.29, 1.82) is 0 Å². The zero-order valence-corrected chi connectivity index (χ0v) is 17.0. The van der Waals surface area contributed by atoms with Gasteiger partial charge in [0, 0.05) is 15.8 Å². The van der Waals surface area contributed by atoms with Crippen LogP contribution in [0.2, 0.25) is 0 Å². The van der Waals surface area contributed by atoms with E-state index in [0.717, 1.165) is 26.2 Å². The molecule has 25 heavy (non-hydrogen) atoms. The minimum Gasteiger partial charge on any atom is -0.302 e. The van der Waals surface area contributed by atoms with Crippen LogP contribution in [-0.4, -0.2) is 22.1 Å². The van der Waals surface area contributed by atoms with Crippen molar-refractivity contribution < 1.29 is 4.79 Å². The summed E-state index contributed by atoms with van der Waals surface area (Å²) in [4.78, 5) is 22.3. The van der Waals surface area contributed by atoms with Crippen LogP contribution in [0.5, 0.6) is 0 Å². The first-order valence-electron chi connectivity index (χ1n) is 7.79. The molecule has 0 radical (unpaired) electrons. The van der Waals surface area contributed by atoms with Gasteiger partial charge in [-0.25, -0.2) is 9.97 Å². The maximum absolute atomic E-state index is 12.3. The summed E-state index contributed by atoms with van der Waals surface area (Å²) in [6, 6.07) is 6.28. The lowest BCUT2D eigenvalue weighted by Crippen LogP contribution is -2.14. The zero-order chi connectivity index (χ0) is 18.0. The summed E-state index contributed by atoms with van der Waals surface area (Å²) in [5.41, 5.74) is 5.39. The van der Waals surface area contributed by atoms with Crippen molar-refractivity contribution in [3.05, 3.63) is 45.3 Å². The Labute approximate surface area is 159 Å². The van der Waals surface area contributed by atoms with Crippen molar-refractivity contribution in [2.24, 2.45) is 0 Å². The summed E-state index contributed by atoms with van der Waals surface area (Å²) >= 11 is 4.63. The lowest BCUT2D eigenvalue weighted by atomic mass is 10.1. The molecule has 1 N–H and O–H groups in total. The number of thioether (sulfide) groups is 1. The molecule has 2 heterocycles. The standard InChI is InChI=1S/C18H19N3OS3/c1-10-5-6-13(7-11(10)2)14-9-24-17(20-14)21-16(22)8-15-12(3)19-18(23-4)25-15/h5-7,9H,8H2,1-4H3,(H,20,21,22). The third-order valence-corrected chi connectivity index (χ3v) is 6.82. The van der Waals surface area contributed by atoms with Gasteiger partial charge in [-0.05, 0) is 44.2 Å². The highest BCUT2D eigenvalue weighted by Crippen LogP contribution is 2.28. The number of aromatic nitrogens is 2. The molecule has 0 fully saturated rings. The number of nitrogens with one attached hydrogen (secondary N) is 1. The van der Waals surface area contributed by atoms with Crippen molar-refractivity contribution in [2.75, 3.05) is 11.6 Å². The Morgan fingerprint density at radius 2 is 2.00 bits per heavy atom. The number of hydrogen-bond acceptors (Lipinski definition) is 6. The van der Waals surface area contributed by atoms with Crippen LogP contribution >= 0.6 is 34.4 Å². The molecule has 3 rings (SSSR count). The number of carbonyl (C=O) groups is 1. The van der Waals surface area contributed by atoms with Crippen LogP contribution in [0.4, 0.5) is 5.13 Å². The van der Waals surface area contributed by atoms with E-state index in [2.05, 4.69) is 47.3 Å². The highest BCUT2D eigenvalue weighted by Gasteiger charge is 2.13.